The van der Waals surface area contributed by atoms with E-state index < -0.39 is 11.8 Å². The summed E-state index contributed by atoms with van der Waals surface area (Å²) in [5.74, 6) is -1.07. The highest BCUT2D eigenvalue weighted by atomic mass is 19.1. The number of anilines is 1. The van der Waals surface area contributed by atoms with Gasteiger partial charge in [-0.05, 0) is 38.1 Å². The number of nitrogens with two attached hydrogens (primary N) is 1. The van der Waals surface area contributed by atoms with Gasteiger partial charge in [-0.15, -0.1) is 0 Å². The number of nitrogens with zero attached hydrogens (tertiary/aromatic N) is 1. The molecule has 0 aromatic heterocycles. The Labute approximate surface area is 106 Å². The highest BCUT2D eigenvalue weighted by Gasteiger charge is 2.21. The lowest BCUT2D eigenvalue weighted by Crippen LogP contribution is -2.35. The summed E-state index contributed by atoms with van der Waals surface area (Å²) in [4.78, 5) is 14.0. The third-order valence-electron chi connectivity index (χ3n) is 3.18. The second-order valence-electron chi connectivity index (χ2n) is 4.64. The first-order valence-electron chi connectivity index (χ1n) is 6.01. The molecule has 0 saturated carbocycles. The van der Waals surface area contributed by atoms with E-state index in [9.17, 15) is 9.18 Å². The van der Waals surface area contributed by atoms with E-state index in [1.165, 1.54) is 12.1 Å². The molecule has 0 spiro atoms. The number of hydrogen-bond acceptors (Lipinski definition) is 4. The van der Waals surface area contributed by atoms with Gasteiger partial charge in [0.25, 0.3) is 0 Å². The largest absolute Gasteiger partial charge is 0.459 e. The Morgan fingerprint density at radius 3 is 2.72 bits per heavy atom. The molecular formula is C13H17FN2O2. The molecule has 1 aromatic rings. The molecule has 0 unspecified atom stereocenters. The summed E-state index contributed by atoms with van der Waals surface area (Å²) in [6, 6.07) is 3.98. The summed E-state index contributed by atoms with van der Waals surface area (Å²) in [7, 11) is 2.04. The van der Waals surface area contributed by atoms with Crippen LogP contribution in [0.15, 0.2) is 18.2 Å². The molecule has 2 N–H and O–H groups in total. The molecule has 0 aliphatic carbocycles. The summed E-state index contributed by atoms with van der Waals surface area (Å²) >= 11 is 0. The van der Waals surface area contributed by atoms with Crippen LogP contribution in [-0.4, -0.2) is 37.1 Å². The monoisotopic (exact) mass is 252 g/mol. The lowest BCUT2D eigenvalue weighted by Gasteiger charge is -2.28. The maximum absolute atomic E-state index is 13.2. The van der Waals surface area contributed by atoms with E-state index in [4.69, 9.17) is 10.5 Å². The van der Waals surface area contributed by atoms with Crippen molar-refractivity contribution in [2.45, 2.75) is 18.9 Å². The van der Waals surface area contributed by atoms with Crippen LogP contribution in [0.1, 0.15) is 23.2 Å². The van der Waals surface area contributed by atoms with Crippen LogP contribution in [0.25, 0.3) is 0 Å². The Morgan fingerprint density at radius 1 is 1.44 bits per heavy atom. The van der Waals surface area contributed by atoms with Crippen LogP contribution < -0.4 is 5.73 Å². The minimum Gasteiger partial charge on any atom is -0.459 e. The predicted octanol–water partition coefficient (Wildman–Crippen LogP) is 1.66. The lowest BCUT2D eigenvalue weighted by atomic mass is 10.1. The normalized spacial score (nSPS) is 17.7. The van der Waals surface area contributed by atoms with E-state index in [0.29, 0.717) is 0 Å². The summed E-state index contributed by atoms with van der Waals surface area (Å²) in [6.07, 6.45) is 1.56. The number of rotatable bonds is 2. The zero-order chi connectivity index (χ0) is 13.1. The first-order chi connectivity index (χ1) is 8.56. The van der Waals surface area contributed by atoms with E-state index in [0.717, 1.165) is 32.0 Å². The number of hydrogen-bond donors (Lipinski definition) is 1. The Kier molecular flexibility index (Phi) is 3.81. The molecule has 5 heteroatoms. The average Bonchev–Trinajstić information content (AvgIpc) is 2.35. The summed E-state index contributed by atoms with van der Waals surface area (Å²) < 4.78 is 18.6. The van der Waals surface area contributed by atoms with Crippen LogP contribution >= 0.6 is 0 Å². The Morgan fingerprint density at radius 2 is 2.11 bits per heavy atom. The van der Waals surface area contributed by atoms with Crippen molar-refractivity contribution in [2.75, 3.05) is 25.9 Å². The molecule has 1 aliphatic rings. The molecule has 1 aliphatic heterocycles. The molecule has 98 valence electrons. The van der Waals surface area contributed by atoms with Crippen molar-refractivity contribution in [3.63, 3.8) is 0 Å². The predicted molar refractivity (Wildman–Crippen MR) is 66.7 cm³/mol. The molecule has 1 heterocycles. The standard InChI is InChI=1S/C13H17FN2O2/c1-16-6-4-10(5-7-16)18-13(17)9-2-3-12(15)11(14)8-9/h2-3,8,10H,4-7,15H2,1H3. The maximum Gasteiger partial charge on any atom is 0.338 e. The Hall–Kier alpha value is -1.62. The second-order valence-corrected chi connectivity index (χ2v) is 4.64. The molecule has 0 atom stereocenters. The second kappa shape index (κ2) is 5.35. The van der Waals surface area contributed by atoms with Gasteiger partial charge in [-0.1, -0.05) is 0 Å². The summed E-state index contributed by atoms with van der Waals surface area (Å²) in [5, 5.41) is 0. The minimum absolute atomic E-state index is 0.0332. The fraction of sp³-hybridized carbons (Fsp3) is 0.462. The first-order valence-corrected chi connectivity index (χ1v) is 6.01. The number of piperidine rings is 1. The van der Waals surface area contributed by atoms with Crippen molar-refractivity contribution in [1.82, 2.24) is 4.90 Å². The topological polar surface area (TPSA) is 55.6 Å². The average molecular weight is 252 g/mol. The Bertz CT molecular complexity index is 443. The summed E-state index contributed by atoms with van der Waals surface area (Å²) in [5.41, 5.74) is 5.60. The fourth-order valence-corrected chi connectivity index (χ4v) is 1.98. The molecule has 1 fully saturated rings. The number of carbonyl (C=O) groups excluding carboxylic acids is 1. The van der Waals surface area contributed by atoms with Gasteiger partial charge < -0.3 is 15.4 Å². The molecule has 4 nitrogen and oxygen atoms in total. The first kappa shape index (κ1) is 12.8. The molecule has 18 heavy (non-hydrogen) atoms. The molecule has 0 bridgehead atoms. The van der Waals surface area contributed by atoms with Crippen LogP contribution in [-0.2, 0) is 4.74 Å². The molecule has 0 radical (unpaired) electrons. The van der Waals surface area contributed by atoms with Gasteiger partial charge >= 0.3 is 5.97 Å². The van der Waals surface area contributed by atoms with Crippen molar-refractivity contribution in [1.29, 1.82) is 0 Å². The van der Waals surface area contributed by atoms with Crippen molar-refractivity contribution < 1.29 is 13.9 Å². The summed E-state index contributed by atoms with van der Waals surface area (Å²) in [6.45, 7) is 1.82. The van der Waals surface area contributed by atoms with Gasteiger partial charge in [-0.2, -0.15) is 0 Å². The molecular weight excluding hydrogens is 235 g/mol. The number of halogens is 1. The number of carbonyl (C=O) groups is 1. The van der Waals surface area contributed by atoms with Crippen molar-refractivity contribution in [2.24, 2.45) is 0 Å². The third-order valence-corrected chi connectivity index (χ3v) is 3.18. The van der Waals surface area contributed by atoms with Crippen molar-refractivity contribution >= 4 is 11.7 Å². The lowest BCUT2D eigenvalue weighted by molar-refractivity contribution is 0.0139. The third kappa shape index (κ3) is 2.98. The van der Waals surface area contributed by atoms with Gasteiger partial charge in [0.15, 0.2) is 0 Å². The van der Waals surface area contributed by atoms with Gasteiger partial charge in [-0.3, -0.25) is 0 Å². The van der Waals surface area contributed by atoms with Crippen LogP contribution in [0, 0.1) is 5.82 Å². The van der Waals surface area contributed by atoms with E-state index in [1.54, 1.807) is 0 Å². The Balaban J connectivity index is 1.97. The van der Waals surface area contributed by atoms with Crippen LogP contribution in [0.2, 0.25) is 0 Å². The molecule has 2 rings (SSSR count). The van der Waals surface area contributed by atoms with Gasteiger partial charge in [-0.25, -0.2) is 9.18 Å². The number of nitrogen functional groups attached to an aromatic ring is 1. The smallest absolute Gasteiger partial charge is 0.338 e. The van der Waals surface area contributed by atoms with E-state index >= 15 is 0 Å². The fourth-order valence-electron chi connectivity index (χ4n) is 1.98. The van der Waals surface area contributed by atoms with E-state index in [2.05, 4.69) is 4.90 Å². The zero-order valence-corrected chi connectivity index (χ0v) is 10.4. The molecule has 1 aromatic carbocycles. The van der Waals surface area contributed by atoms with Gasteiger partial charge in [0, 0.05) is 13.1 Å². The van der Waals surface area contributed by atoms with Crippen LogP contribution in [0.4, 0.5) is 10.1 Å². The number of ether oxygens (including phenoxy) is 1. The van der Waals surface area contributed by atoms with E-state index in [1.807, 2.05) is 7.05 Å². The highest BCUT2D eigenvalue weighted by Crippen LogP contribution is 2.17. The maximum atomic E-state index is 13.2. The van der Waals surface area contributed by atoms with Crippen molar-refractivity contribution in [3.05, 3.63) is 29.6 Å². The number of benzene rings is 1. The van der Waals surface area contributed by atoms with E-state index in [-0.39, 0.29) is 17.4 Å². The van der Waals surface area contributed by atoms with Gasteiger partial charge in [0.05, 0.1) is 11.3 Å². The van der Waals surface area contributed by atoms with Crippen molar-refractivity contribution in [3.8, 4) is 0 Å². The molecule has 1 saturated heterocycles. The zero-order valence-electron chi connectivity index (χ0n) is 10.4. The van der Waals surface area contributed by atoms with Crippen LogP contribution in [0.5, 0.6) is 0 Å². The quantitative estimate of drug-likeness (QED) is 0.642. The number of esters is 1. The van der Waals surface area contributed by atoms with Gasteiger partial charge in [0.2, 0.25) is 0 Å². The van der Waals surface area contributed by atoms with Gasteiger partial charge in [0.1, 0.15) is 11.9 Å². The molecule has 0 amide bonds. The highest BCUT2D eigenvalue weighted by molar-refractivity contribution is 5.89. The number of likely N-dealkylation sites (tertiary alicyclic amines) is 1. The SMILES string of the molecule is CN1CCC(OC(=O)c2ccc(N)c(F)c2)CC1. The van der Waals surface area contributed by atoms with Crippen LogP contribution in [0.3, 0.4) is 0 Å². The minimum atomic E-state index is -0.590.